The molecule has 2 unspecified atom stereocenters. The van der Waals surface area contributed by atoms with Crippen LogP contribution >= 0.6 is 0 Å². The monoisotopic (exact) mass is 1770 g/mol. The Labute approximate surface area is 756 Å². The fourth-order valence-corrected chi connectivity index (χ4v) is 16.8. The first kappa shape index (κ1) is 101. The van der Waals surface area contributed by atoms with Crippen LogP contribution in [0.1, 0.15) is 87.3 Å². The normalized spacial score (nSPS) is 15.8. The van der Waals surface area contributed by atoms with Crippen molar-refractivity contribution in [1.29, 1.82) is 0 Å². The molecule has 12 rings (SSSR count). The number of pyridine rings is 2. The summed E-state index contributed by atoms with van der Waals surface area (Å²) in [7, 11) is 9.99. The summed E-state index contributed by atoms with van der Waals surface area (Å²) < 4.78 is 139. The van der Waals surface area contributed by atoms with Crippen molar-refractivity contribution in [1.82, 2.24) is 9.97 Å². The molecule has 2 aromatic heterocycles. The molecule has 0 N–H and O–H groups in total. The van der Waals surface area contributed by atoms with Gasteiger partial charge in [-0.3, -0.25) is 9.97 Å². The number of benzene rings is 7. The minimum Gasteiger partial charge on any atom is -0.382 e. The van der Waals surface area contributed by atoms with Crippen molar-refractivity contribution in [2.24, 2.45) is 11.8 Å². The molecule has 9 aromatic rings. The lowest BCUT2D eigenvalue weighted by atomic mass is 9.52. The van der Waals surface area contributed by atoms with Gasteiger partial charge < -0.3 is 114 Å². The Morgan fingerprint density at radius 1 is 0.219 bits per heavy atom. The fraction of sp³-hybridized carbons (Fsp3) is 0.549. The minimum atomic E-state index is 0.0592. The van der Waals surface area contributed by atoms with Crippen molar-refractivity contribution in [2.75, 3.05) is 281 Å². The topological polar surface area (TPSA) is 247 Å². The van der Waals surface area contributed by atoms with Gasteiger partial charge in [0.2, 0.25) is 0 Å². The molecule has 0 radical (unpaired) electrons. The van der Waals surface area contributed by atoms with Crippen LogP contribution in [-0.2, 0) is 153 Å². The third-order valence-corrected chi connectivity index (χ3v) is 22.7. The molecule has 3 aliphatic rings. The minimum absolute atomic E-state index is 0.0592. The van der Waals surface area contributed by atoms with Gasteiger partial charge in [-0.15, -0.1) is 0 Å². The predicted molar refractivity (Wildman–Crippen MR) is 492 cm³/mol. The number of rotatable bonds is 72. The Balaban J connectivity index is 0.927. The summed E-state index contributed by atoms with van der Waals surface area (Å²) in [6.45, 7) is 19.3. The van der Waals surface area contributed by atoms with Crippen molar-refractivity contribution in [3.05, 3.63) is 202 Å². The maximum Gasteiger partial charge on any atom is 0.0724 e. The smallest absolute Gasteiger partial charge is 0.0724 e. The Bertz CT molecular complexity index is 4110. The highest BCUT2D eigenvalue weighted by Crippen LogP contribution is 2.61. The SMILES string of the molecule is COCCOCCOCCOCc1cccc2cc(-c3cccc([C@@H]4CC5CC(c6cccc(-c7cc(COCCOCCOCCOC)c8c(COCCOCCOCCOC)cccc8c7)n6)C4C(c4cccc(-c6cc(COCCOCCOCCOC)c7c(COCCOCCOCCOC)cccc7c6)n4)C5)c3)cc(COCCOCCOCCOC)c12. The van der Waals surface area contributed by atoms with Crippen LogP contribution in [0.25, 0.3) is 66.0 Å². The number of fused-ring (bicyclic) bond motifs is 6. The van der Waals surface area contributed by atoms with Gasteiger partial charge in [0.1, 0.15) is 0 Å². The van der Waals surface area contributed by atoms with Gasteiger partial charge in [-0.25, -0.2) is 0 Å². The van der Waals surface area contributed by atoms with Crippen LogP contribution < -0.4 is 0 Å². The molecule has 700 valence electrons. The predicted octanol–water partition coefficient (Wildman–Crippen LogP) is 15.2. The number of hydrogen-bond acceptors (Lipinski definition) is 26. The van der Waals surface area contributed by atoms with Crippen molar-refractivity contribution < 1.29 is 114 Å². The second kappa shape index (κ2) is 60.7. The van der Waals surface area contributed by atoms with E-state index in [0.29, 0.717) is 283 Å². The summed E-state index contributed by atoms with van der Waals surface area (Å²) in [5.41, 5.74) is 15.7. The summed E-state index contributed by atoms with van der Waals surface area (Å²) >= 11 is 0. The van der Waals surface area contributed by atoms with Crippen molar-refractivity contribution >= 4 is 32.3 Å². The van der Waals surface area contributed by atoms with Crippen LogP contribution in [-0.4, -0.2) is 290 Å². The van der Waals surface area contributed by atoms with Gasteiger partial charge in [-0.05, 0) is 180 Å². The highest BCUT2D eigenvalue weighted by atomic mass is 16.6. The average Bonchev–Trinajstić information content (AvgIpc) is 0.731. The van der Waals surface area contributed by atoms with Gasteiger partial charge in [0, 0.05) is 77.0 Å². The van der Waals surface area contributed by atoms with Crippen LogP contribution in [0.5, 0.6) is 0 Å². The van der Waals surface area contributed by atoms with Gasteiger partial charge in [0.05, 0.1) is 289 Å². The molecule has 3 fully saturated rings. The maximum atomic E-state index is 6.53. The molecule has 2 bridgehead atoms. The number of aromatic nitrogens is 2. The molecule has 3 aliphatic carbocycles. The van der Waals surface area contributed by atoms with Crippen LogP contribution in [0.4, 0.5) is 0 Å². The number of methoxy groups -OCH3 is 6. The van der Waals surface area contributed by atoms with E-state index in [4.69, 9.17) is 124 Å². The van der Waals surface area contributed by atoms with Gasteiger partial charge in [0.25, 0.3) is 0 Å². The quantitative estimate of drug-likeness (QED) is 0.0321. The first-order valence-corrected chi connectivity index (χ1v) is 45.4. The molecule has 3 saturated carbocycles. The molecule has 26 heteroatoms. The molecule has 3 atom stereocenters. The van der Waals surface area contributed by atoms with Crippen LogP contribution in [0.2, 0.25) is 0 Å². The molecule has 2 heterocycles. The standard InChI is InChI=1S/C102H138N2O24/c1-105-25-31-111-37-43-117-49-55-123-71-83-18-8-15-80-65-86(68-89(99(80)83)74-126-58-52-120-46-40-114-34-28-108-4)78-13-7-14-79(64-78)92-61-77-62-93(97-23-11-21-95(103-97)87-66-81-16-9-19-84(72-124-56-50-118-44-38-112-32-26-106-2)100(81)90(69-87)75-127-59-53-121-47-41-115-35-29-109-5)102(92)94(63-77)98-24-12-22-96(104-98)88-67-82-17-10-20-85(73-125-57-51-119-45-39-113-33-27-107-3)101(82)91(70-88)76-128-60-54-122-48-42-116-36-30-110-6/h7-24,64-70,77,92-94,102H,25-63,71-76H2,1-6H3/t77?,92-,93?,94?,102?/m0/s1. The van der Waals surface area contributed by atoms with Gasteiger partial charge in [-0.1, -0.05) is 91.0 Å². The number of hydrogen-bond donors (Lipinski definition) is 0. The summed E-state index contributed by atoms with van der Waals surface area (Å²) in [6.07, 6.45) is 2.99. The van der Waals surface area contributed by atoms with E-state index in [0.717, 1.165) is 130 Å². The summed E-state index contributed by atoms with van der Waals surface area (Å²) in [4.78, 5) is 11.7. The molecule has 128 heavy (non-hydrogen) atoms. The maximum absolute atomic E-state index is 6.53. The lowest BCUT2D eigenvalue weighted by Gasteiger charge is -2.52. The van der Waals surface area contributed by atoms with E-state index < -0.39 is 0 Å². The zero-order valence-corrected chi connectivity index (χ0v) is 76.3. The first-order valence-electron chi connectivity index (χ1n) is 45.4. The Morgan fingerprint density at radius 2 is 0.469 bits per heavy atom. The lowest BCUT2D eigenvalue weighted by molar-refractivity contribution is 0.000526. The largest absolute Gasteiger partial charge is 0.382 e. The second-order valence-electron chi connectivity index (χ2n) is 31.6. The zero-order chi connectivity index (χ0) is 88.9. The molecule has 0 amide bonds. The van der Waals surface area contributed by atoms with E-state index in [2.05, 4.69) is 152 Å². The number of nitrogens with zero attached hydrogens (tertiary/aromatic N) is 2. The van der Waals surface area contributed by atoms with Gasteiger partial charge >= 0.3 is 0 Å². The van der Waals surface area contributed by atoms with Crippen molar-refractivity contribution in [3.63, 3.8) is 0 Å². The van der Waals surface area contributed by atoms with Crippen LogP contribution in [0.3, 0.4) is 0 Å². The Kier molecular flexibility index (Phi) is 48.0. The van der Waals surface area contributed by atoms with Crippen LogP contribution in [0, 0.1) is 11.8 Å². The molecule has 0 spiro atoms. The molecule has 0 aliphatic heterocycles. The third-order valence-electron chi connectivity index (χ3n) is 22.7. The summed E-state index contributed by atoms with van der Waals surface area (Å²) in [6, 6.07) is 55.6. The molecular formula is C102H138N2O24. The second-order valence-corrected chi connectivity index (χ2v) is 31.6. The van der Waals surface area contributed by atoms with E-state index in [1.54, 1.807) is 42.7 Å². The van der Waals surface area contributed by atoms with E-state index >= 15 is 0 Å². The van der Waals surface area contributed by atoms with E-state index in [-0.39, 0.29) is 23.7 Å². The average molecular weight is 1780 g/mol. The highest BCUT2D eigenvalue weighted by Gasteiger charge is 2.50. The number of ether oxygens (including phenoxy) is 24. The highest BCUT2D eigenvalue weighted by molar-refractivity contribution is 5.95. The van der Waals surface area contributed by atoms with Gasteiger partial charge in [0.15, 0.2) is 0 Å². The molecular weight excluding hydrogens is 1640 g/mol. The fourth-order valence-electron chi connectivity index (χ4n) is 16.8. The van der Waals surface area contributed by atoms with E-state index in [1.165, 1.54) is 5.56 Å². The van der Waals surface area contributed by atoms with Crippen molar-refractivity contribution in [3.8, 4) is 33.6 Å². The zero-order valence-electron chi connectivity index (χ0n) is 76.3. The van der Waals surface area contributed by atoms with Crippen molar-refractivity contribution in [2.45, 2.75) is 76.7 Å². The van der Waals surface area contributed by atoms with Crippen LogP contribution in [0.15, 0.2) is 152 Å². The Hall–Kier alpha value is -7.34. The summed E-state index contributed by atoms with van der Waals surface area (Å²) in [5, 5.41) is 6.51. The lowest BCUT2D eigenvalue weighted by Crippen LogP contribution is -2.41. The van der Waals surface area contributed by atoms with E-state index in [1.807, 2.05) is 0 Å². The first-order chi connectivity index (χ1) is 63.4. The summed E-state index contributed by atoms with van der Waals surface area (Å²) in [5.74, 6) is 0.682. The molecule has 26 nitrogen and oxygen atoms in total. The molecule has 0 saturated heterocycles. The molecule has 7 aromatic carbocycles. The Morgan fingerprint density at radius 3 is 0.773 bits per heavy atom. The van der Waals surface area contributed by atoms with E-state index in [9.17, 15) is 0 Å². The third kappa shape index (κ3) is 33.7. The van der Waals surface area contributed by atoms with Gasteiger partial charge in [-0.2, -0.15) is 0 Å².